The van der Waals surface area contributed by atoms with E-state index in [9.17, 15) is 4.39 Å². The molecule has 4 nitrogen and oxygen atoms in total. The molecule has 130 valence electrons. The first-order valence-corrected chi connectivity index (χ1v) is 8.16. The number of hydrogen-bond acceptors (Lipinski definition) is 2. The Hall–Kier alpha value is -0.890. The van der Waals surface area contributed by atoms with E-state index in [1.54, 1.807) is 6.07 Å². The molecule has 1 aromatic rings. The first-order valence-electron chi connectivity index (χ1n) is 8.16. The zero-order chi connectivity index (χ0) is 15.6. The number of benzene rings is 1. The van der Waals surface area contributed by atoms with E-state index in [4.69, 9.17) is 4.74 Å². The van der Waals surface area contributed by atoms with Gasteiger partial charge in [0.2, 0.25) is 0 Å². The lowest BCUT2D eigenvalue weighted by atomic mass is 10.1. The molecule has 1 saturated heterocycles. The van der Waals surface area contributed by atoms with E-state index in [1.165, 1.54) is 6.07 Å². The van der Waals surface area contributed by atoms with Crippen LogP contribution in [0.2, 0.25) is 0 Å². The molecule has 2 rings (SSSR count). The highest BCUT2D eigenvalue weighted by atomic mass is 127. The molecule has 0 aromatic heterocycles. The minimum absolute atomic E-state index is 0. The third-order valence-electron chi connectivity index (χ3n) is 3.73. The fourth-order valence-corrected chi connectivity index (χ4v) is 2.55. The lowest BCUT2D eigenvalue weighted by molar-refractivity contribution is 0.106. The Morgan fingerprint density at radius 2 is 2.17 bits per heavy atom. The third-order valence-corrected chi connectivity index (χ3v) is 3.73. The number of nitrogens with zero attached hydrogens (tertiary/aromatic N) is 1. The smallest absolute Gasteiger partial charge is 0.191 e. The van der Waals surface area contributed by atoms with Crippen molar-refractivity contribution in [2.24, 2.45) is 4.99 Å². The van der Waals surface area contributed by atoms with Crippen LogP contribution in [0.15, 0.2) is 29.3 Å². The van der Waals surface area contributed by atoms with E-state index in [2.05, 4.69) is 15.6 Å². The van der Waals surface area contributed by atoms with Crippen molar-refractivity contribution >= 4 is 29.9 Å². The molecule has 1 heterocycles. The summed E-state index contributed by atoms with van der Waals surface area (Å²) in [6, 6.07) is 6.89. The lowest BCUT2D eigenvalue weighted by Crippen LogP contribution is -2.38. The Bertz CT molecular complexity index is 479. The summed E-state index contributed by atoms with van der Waals surface area (Å²) in [4.78, 5) is 4.55. The molecule has 1 aliphatic heterocycles. The number of guanidine groups is 1. The number of nitrogens with one attached hydrogen (secondary N) is 2. The van der Waals surface area contributed by atoms with E-state index in [0.29, 0.717) is 19.1 Å². The van der Waals surface area contributed by atoms with Crippen LogP contribution in [0.4, 0.5) is 4.39 Å². The Morgan fingerprint density at radius 3 is 2.87 bits per heavy atom. The molecule has 1 aliphatic rings. The second-order valence-electron chi connectivity index (χ2n) is 5.45. The summed E-state index contributed by atoms with van der Waals surface area (Å²) in [5.74, 6) is 0.640. The van der Waals surface area contributed by atoms with Crippen LogP contribution in [-0.4, -0.2) is 38.3 Å². The largest absolute Gasteiger partial charge is 0.378 e. The minimum atomic E-state index is -0.148. The summed E-state index contributed by atoms with van der Waals surface area (Å²) in [6.45, 7) is 5.14. The number of hydrogen-bond donors (Lipinski definition) is 2. The maximum atomic E-state index is 13.5. The summed E-state index contributed by atoms with van der Waals surface area (Å²) < 4.78 is 19.1. The number of aliphatic imine (C=N–C) groups is 1. The topological polar surface area (TPSA) is 45.7 Å². The molecule has 23 heavy (non-hydrogen) atoms. The Morgan fingerprint density at radius 1 is 1.35 bits per heavy atom. The van der Waals surface area contributed by atoms with Crippen LogP contribution >= 0.6 is 24.0 Å². The SMILES string of the molecule is CCNC(=NCCC1CCCO1)NCCc1ccccc1F.I. The fraction of sp³-hybridized carbons (Fsp3) is 0.588. The molecule has 0 aliphatic carbocycles. The predicted octanol–water partition coefficient (Wildman–Crippen LogP) is 3.11. The molecule has 0 saturated carbocycles. The number of halogens is 2. The third kappa shape index (κ3) is 7.48. The van der Waals surface area contributed by atoms with Gasteiger partial charge in [-0.25, -0.2) is 4.39 Å². The van der Waals surface area contributed by atoms with Gasteiger partial charge < -0.3 is 15.4 Å². The van der Waals surface area contributed by atoms with Gasteiger partial charge in [-0.15, -0.1) is 24.0 Å². The molecule has 1 atom stereocenters. The summed E-state index contributed by atoms with van der Waals surface area (Å²) in [7, 11) is 0. The predicted molar refractivity (Wildman–Crippen MR) is 103 cm³/mol. The first-order chi connectivity index (χ1) is 10.8. The molecule has 0 spiro atoms. The summed E-state index contributed by atoms with van der Waals surface area (Å²) >= 11 is 0. The normalized spacial score (nSPS) is 17.7. The van der Waals surface area contributed by atoms with E-state index >= 15 is 0 Å². The molecule has 1 unspecified atom stereocenters. The van der Waals surface area contributed by atoms with Gasteiger partial charge in [0, 0.05) is 26.2 Å². The lowest BCUT2D eigenvalue weighted by Gasteiger charge is -2.12. The minimum Gasteiger partial charge on any atom is -0.378 e. The summed E-state index contributed by atoms with van der Waals surface area (Å²) in [5, 5.41) is 6.47. The highest BCUT2D eigenvalue weighted by molar-refractivity contribution is 14.0. The average Bonchev–Trinajstić information content (AvgIpc) is 3.02. The Labute approximate surface area is 155 Å². The maximum absolute atomic E-state index is 13.5. The van der Waals surface area contributed by atoms with Gasteiger partial charge in [0.15, 0.2) is 5.96 Å². The van der Waals surface area contributed by atoms with Crippen molar-refractivity contribution in [3.63, 3.8) is 0 Å². The molecule has 1 aromatic carbocycles. The first kappa shape index (κ1) is 20.2. The van der Waals surface area contributed by atoms with Crippen LogP contribution in [0.5, 0.6) is 0 Å². The van der Waals surface area contributed by atoms with Gasteiger partial charge in [-0.3, -0.25) is 4.99 Å². The van der Waals surface area contributed by atoms with Gasteiger partial charge in [0.1, 0.15) is 5.82 Å². The van der Waals surface area contributed by atoms with E-state index in [1.807, 2.05) is 19.1 Å². The quantitative estimate of drug-likeness (QED) is 0.393. The van der Waals surface area contributed by atoms with Crippen molar-refractivity contribution in [2.75, 3.05) is 26.2 Å². The molecule has 1 fully saturated rings. The van der Waals surface area contributed by atoms with Crippen LogP contribution in [-0.2, 0) is 11.2 Å². The monoisotopic (exact) mass is 435 g/mol. The fourth-order valence-electron chi connectivity index (χ4n) is 2.55. The Balaban J connectivity index is 0.00000264. The molecule has 2 N–H and O–H groups in total. The second-order valence-corrected chi connectivity index (χ2v) is 5.45. The molecular formula is C17H27FIN3O. The van der Waals surface area contributed by atoms with Crippen LogP contribution in [0.3, 0.4) is 0 Å². The molecule has 6 heteroatoms. The van der Waals surface area contributed by atoms with Crippen LogP contribution in [0, 0.1) is 5.82 Å². The van der Waals surface area contributed by atoms with Gasteiger partial charge in [-0.2, -0.15) is 0 Å². The van der Waals surface area contributed by atoms with Crippen molar-refractivity contribution in [2.45, 2.75) is 38.7 Å². The second kappa shape index (κ2) is 11.6. The highest BCUT2D eigenvalue weighted by Crippen LogP contribution is 2.14. The van der Waals surface area contributed by atoms with Gasteiger partial charge in [0.25, 0.3) is 0 Å². The van der Waals surface area contributed by atoms with Gasteiger partial charge in [0.05, 0.1) is 6.10 Å². The zero-order valence-electron chi connectivity index (χ0n) is 13.7. The van der Waals surface area contributed by atoms with Gasteiger partial charge in [-0.1, -0.05) is 18.2 Å². The average molecular weight is 435 g/mol. The van der Waals surface area contributed by atoms with Crippen molar-refractivity contribution in [1.29, 1.82) is 0 Å². The maximum Gasteiger partial charge on any atom is 0.191 e. The molecular weight excluding hydrogens is 408 g/mol. The molecule has 0 bridgehead atoms. The molecule has 0 amide bonds. The van der Waals surface area contributed by atoms with Crippen LogP contribution in [0.1, 0.15) is 31.7 Å². The Kier molecular flexibility index (Phi) is 10.2. The molecule has 0 radical (unpaired) electrons. The van der Waals surface area contributed by atoms with Crippen molar-refractivity contribution in [1.82, 2.24) is 10.6 Å². The summed E-state index contributed by atoms with van der Waals surface area (Å²) in [6.07, 6.45) is 4.28. The number of rotatable bonds is 7. The van der Waals surface area contributed by atoms with E-state index in [0.717, 1.165) is 50.5 Å². The van der Waals surface area contributed by atoms with Gasteiger partial charge in [-0.05, 0) is 44.2 Å². The number of ether oxygens (including phenoxy) is 1. The van der Waals surface area contributed by atoms with Crippen molar-refractivity contribution in [3.8, 4) is 0 Å². The zero-order valence-corrected chi connectivity index (χ0v) is 16.0. The van der Waals surface area contributed by atoms with E-state index < -0.39 is 0 Å². The van der Waals surface area contributed by atoms with Crippen molar-refractivity contribution in [3.05, 3.63) is 35.6 Å². The van der Waals surface area contributed by atoms with Crippen LogP contribution in [0.25, 0.3) is 0 Å². The van der Waals surface area contributed by atoms with E-state index in [-0.39, 0.29) is 29.8 Å². The standard InChI is InChI=1S/C17H26FN3O.HI/c1-2-19-17(21-12-10-15-7-5-13-22-15)20-11-9-14-6-3-4-8-16(14)18;/h3-4,6,8,15H,2,5,7,9-13H2,1H3,(H2,19,20,21);1H. The van der Waals surface area contributed by atoms with Crippen LogP contribution < -0.4 is 10.6 Å². The summed E-state index contributed by atoms with van der Waals surface area (Å²) in [5.41, 5.74) is 0.727. The highest BCUT2D eigenvalue weighted by Gasteiger charge is 2.14. The van der Waals surface area contributed by atoms with Crippen molar-refractivity contribution < 1.29 is 9.13 Å². The van der Waals surface area contributed by atoms with Gasteiger partial charge >= 0.3 is 0 Å².